The van der Waals surface area contributed by atoms with Crippen LogP contribution in [0.3, 0.4) is 0 Å². The zero-order valence-corrected chi connectivity index (χ0v) is 27.4. The summed E-state index contributed by atoms with van der Waals surface area (Å²) >= 11 is 7.47. The van der Waals surface area contributed by atoms with E-state index >= 15 is 0 Å². The second-order valence-electron chi connectivity index (χ2n) is 10.8. The molecule has 0 saturated carbocycles. The van der Waals surface area contributed by atoms with Crippen molar-refractivity contribution in [1.29, 1.82) is 0 Å². The van der Waals surface area contributed by atoms with Crippen molar-refractivity contribution in [3.63, 3.8) is 0 Å². The number of ether oxygens (including phenoxy) is 1. The maximum atomic E-state index is 13.5. The standard InChI is InChI=1S/C37H32ClN3O5S/c1-37(2,36(44)40-27-16-20-30(38)33(22-27)45-3)47-29-18-14-26(15-19-29)39-35(43)31(41-34(42)25-12-8-5-9-13-25)23-28-17-21-32(46-28)24-10-6-4-7-11-24/h4-23H,1-3H3,(H,39,43)(H,40,44)(H,41,42). The fourth-order valence-corrected chi connectivity index (χ4v) is 5.64. The first-order valence-electron chi connectivity index (χ1n) is 14.6. The Morgan fingerprint density at radius 1 is 0.809 bits per heavy atom. The Bertz CT molecular complexity index is 1910. The van der Waals surface area contributed by atoms with Crippen molar-refractivity contribution in [3.05, 3.63) is 137 Å². The van der Waals surface area contributed by atoms with Crippen LogP contribution in [0.25, 0.3) is 17.4 Å². The van der Waals surface area contributed by atoms with Gasteiger partial charge in [0.1, 0.15) is 23.0 Å². The van der Waals surface area contributed by atoms with Gasteiger partial charge in [0.25, 0.3) is 11.8 Å². The van der Waals surface area contributed by atoms with Crippen LogP contribution in [0.1, 0.15) is 30.0 Å². The molecule has 0 bridgehead atoms. The van der Waals surface area contributed by atoms with E-state index in [9.17, 15) is 14.4 Å². The van der Waals surface area contributed by atoms with Gasteiger partial charge in [0.2, 0.25) is 5.91 Å². The number of nitrogens with one attached hydrogen (secondary N) is 3. The molecule has 1 aromatic heterocycles. The molecule has 1 heterocycles. The van der Waals surface area contributed by atoms with Crippen LogP contribution in [0.15, 0.2) is 130 Å². The van der Waals surface area contributed by atoms with E-state index < -0.39 is 16.6 Å². The van der Waals surface area contributed by atoms with E-state index in [4.69, 9.17) is 20.8 Å². The molecule has 8 nitrogen and oxygen atoms in total. The third-order valence-corrected chi connectivity index (χ3v) is 8.46. The predicted molar refractivity (Wildman–Crippen MR) is 188 cm³/mol. The lowest BCUT2D eigenvalue weighted by Crippen LogP contribution is -2.33. The second kappa shape index (κ2) is 14.9. The monoisotopic (exact) mass is 665 g/mol. The number of benzene rings is 4. The number of furan rings is 1. The highest BCUT2D eigenvalue weighted by molar-refractivity contribution is 8.01. The summed E-state index contributed by atoms with van der Waals surface area (Å²) in [4.78, 5) is 40.4. The third-order valence-electron chi connectivity index (χ3n) is 6.94. The Hall–Kier alpha value is -5.25. The van der Waals surface area contributed by atoms with E-state index in [0.717, 1.165) is 10.5 Å². The zero-order chi connectivity index (χ0) is 33.4. The van der Waals surface area contributed by atoms with Crippen LogP contribution in [-0.4, -0.2) is 29.6 Å². The van der Waals surface area contributed by atoms with Gasteiger partial charge in [0.15, 0.2) is 0 Å². The van der Waals surface area contributed by atoms with Gasteiger partial charge in [-0.3, -0.25) is 14.4 Å². The largest absolute Gasteiger partial charge is 0.495 e. The van der Waals surface area contributed by atoms with Gasteiger partial charge >= 0.3 is 0 Å². The van der Waals surface area contributed by atoms with Crippen molar-refractivity contribution in [2.75, 3.05) is 17.7 Å². The maximum absolute atomic E-state index is 13.5. The summed E-state index contributed by atoms with van der Waals surface area (Å²) in [5.74, 6) is 0.305. The summed E-state index contributed by atoms with van der Waals surface area (Å²) < 4.78 is 10.4. The molecule has 0 aliphatic rings. The molecule has 0 aliphatic carbocycles. The van der Waals surface area contributed by atoms with Crippen molar-refractivity contribution >= 4 is 58.5 Å². The Morgan fingerprint density at radius 3 is 2.15 bits per heavy atom. The summed E-state index contributed by atoms with van der Waals surface area (Å²) in [6.45, 7) is 3.64. The number of methoxy groups -OCH3 is 1. The summed E-state index contributed by atoms with van der Waals surface area (Å²) in [7, 11) is 1.51. The summed E-state index contributed by atoms with van der Waals surface area (Å²) in [6.07, 6.45) is 1.49. The molecule has 4 aromatic carbocycles. The van der Waals surface area contributed by atoms with Crippen molar-refractivity contribution in [1.82, 2.24) is 5.32 Å². The van der Waals surface area contributed by atoms with Crippen LogP contribution in [0.4, 0.5) is 11.4 Å². The molecule has 5 rings (SSSR count). The van der Waals surface area contributed by atoms with Crippen LogP contribution < -0.4 is 20.7 Å². The van der Waals surface area contributed by atoms with Crippen LogP contribution in [0.5, 0.6) is 5.75 Å². The quantitative estimate of drug-likeness (QED) is 0.0964. The molecule has 3 amide bonds. The highest BCUT2D eigenvalue weighted by Gasteiger charge is 2.29. The molecule has 10 heteroatoms. The third kappa shape index (κ3) is 8.72. The number of hydrogen-bond donors (Lipinski definition) is 3. The van der Waals surface area contributed by atoms with Gasteiger partial charge in [-0.2, -0.15) is 0 Å². The second-order valence-corrected chi connectivity index (χ2v) is 12.9. The lowest BCUT2D eigenvalue weighted by atomic mass is 10.2. The Labute approximate surface area is 282 Å². The van der Waals surface area contributed by atoms with E-state index in [2.05, 4.69) is 16.0 Å². The molecule has 5 aromatic rings. The number of halogens is 1. The van der Waals surface area contributed by atoms with Gasteiger partial charge in [-0.15, -0.1) is 11.8 Å². The molecule has 0 saturated heterocycles. The van der Waals surface area contributed by atoms with Gasteiger partial charge in [-0.1, -0.05) is 60.1 Å². The predicted octanol–water partition coefficient (Wildman–Crippen LogP) is 8.53. The highest BCUT2D eigenvalue weighted by Crippen LogP contribution is 2.35. The number of thioether (sulfide) groups is 1. The minimum Gasteiger partial charge on any atom is -0.495 e. The Balaban J connectivity index is 1.29. The minimum atomic E-state index is -0.836. The number of anilines is 2. The molecule has 0 radical (unpaired) electrons. The number of amides is 3. The molecule has 47 heavy (non-hydrogen) atoms. The lowest BCUT2D eigenvalue weighted by molar-refractivity contribution is -0.117. The maximum Gasteiger partial charge on any atom is 0.272 e. The normalized spacial score (nSPS) is 11.4. The fourth-order valence-electron chi connectivity index (χ4n) is 4.44. The zero-order valence-electron chi connectivity index (χ0n) is 25.9. The van der Waals surface area contributed by atoms with E-state index in [1.807, 2.05) is 56.3 Å². The van der Waals surface area contributed by atoms with E-state index in [0.29, 0.717) is 39.2 Å². The van der Waals surface area contributed by atoms with Crippen molar-refractivity contribution < 1.29 is 23.5 Å². The van der Waals surface area contributed by atoms with E-state index in [1.54, 1.807) is 72.8 Å². The molecule has 0 fully saturated rings. The molecule has 238 valence electrons. The van der Waals surface area contributed by atoms with E-state index in [1.165, 1.54) is 24.9 Å². The summed E-state index contributed by atoms with van der Waals surface area (Å²) in [5.41, 5.74) is 2.35. The molecular formula is C37H32ClN3O5S. The first-order chi connectivity index (χ1) is 22.6. The molecule has 0 aliphatic heterocycles. The average molecular weight is 666 g/mol. The smallest absolute Gasteiger partial charge is 0.272 e. The number of carbonyl (C=O) groups is 3. The van der Waals surface area contributed by atoms with Crippen LogP contribution in [0.2, 0.25) is 5.02 Å². The Morgan fingerprint density at radius 2 is 1.47 bits per heavy atom. The van der Waals surface area contributed by atoms with Crippen LogP contribution in [0, 0.1) is 0 Å². The number of rotatable bonds is 11. The lowest BCUT2D eigenvalue weighted by Gasteiger charge is -2.23. The SMILES string of the molecule is COc1cc(NC(=O)C(C)(C)Sc2ccc(NC(=O)C(=Cc3ccc(-c4ccccc4)o3)NC(=O)c3ccccc3)cc2)ccc1Cl. The average Bonchev–Trinajstić information content (AvgIpc) is 3.55. The fraction of sp³-hybridized carbons (Fsp3) is 0.108. The number of carbonyl (C=O) groups excluding carboxylic acids is 3. The number of hydrogen-bond acceptors (Lipinski definition) is 6. The van der Waals surface area contributed by atoms with Crippen molar-refractivity contribution in [3.8, 4) is 17.1 Å². The topological polar surface area (TPSA) is 110 Å². The van der Waals surface area contributed by atoms with Crippen LogP contribution in [-0.2, 0) is 9.59 Å². The summed E-state index contributed by atoms with van der Waals surface area (Å²) in [6, 6.07) is 33.9. The van der Waals surface area contributed by atoms with Crippen molar-refractivity contribution in [2.24, 2.45) is 0 Å². The molecule has 0 unspecified atom stereocenters. The molecule has 0 atom stereocenters. The first-order valence-corrected chi connectivity index (χ1v) is 15.8. The van der Waals surface area contributed by atoms with Gasteiger partial charge < -0.3 is 25.1 Å². The van der Waals surface area contributed by atoms with Gasteiger partial charge in [-0.05, 0) is 74.5 Å². The first kappa shape index (κ1) is 33.1. The molecule has 0 spiro atoms. The van der Waals surface area contributed by atoms with E-state index in [-0.39, 0.29) is 11.6 Å². The van der Waals surface area contributed by atoms with Gasteiger partial charge in [0, 0.05) is 39.5 Å². The minimum absolute atomic E-state index is 0.00269. The molecule has 3 N–H and O–H groups in total. The highest BCUT2D eigenvalue weighted by atomic mass is 35.5. The summed E-state index contributed by atoms with van der Waals surface area (Å²) in [5, 5.41) is 8.92. The van der Waals surface area contributed by atoms with Gasteiger partial charge in [0.05, 0.1) is 16.9 Å². The van der Waals surface area contributed by atoms with Gasteiger partial charge in [-0.25, -0.2) is 0 Å². The Kier molecular flexibility index (Phi) is 10.5. The molecular weight excluding hydrogens is 634 g/mol. The van der Waals surface area contributed by atoms with Crippen molar-refractivity contribution in [2.45, 2.75) is 23.5 Å². The van der Waals surface area contributed by atoms with Crippen LogP contribution >= 0.6 is 23.4 Å².